The standard InChI is InChI=1S/C11H18N2/c1-4-6-12-10(3)11-8-9(2)5-7-13-11/h5,7-8,10,12H,4,6H2,1-3H3. The zero-order valence-corrected chi connectivity index (χ0v) is 8.67. The van der Waals surface area contributed by atoms with E-state index >= 15 is 0 Å². The van der Waals surface area contributed by atoms with E-state index in [2.05, 4.69) is 37.1 Å². The van der Waals surface area contributed by atoms with Crippen LogP contribution in [0, 0.1) is 6.92 Å². The van der Waals surface area contributed by atoms with Gasteiger partial charge in [0.05, 0.1) is 5.69 Å². The fourth-order valence-corrected chi connectivity index (χ4v) is 1.26. The van der Waals surface area contributed by atoms with E-state index in [0.717, 1.165) is 18.7 Å². The van der Waals surface area contributed by atoms with Crippen LogP contribution in [-0.4, -0.2) is 11.5 Å². The van der Waals surface area contributed by atoms with Crippen LogP contribution in [0.4, 0.5) is 0 Å². The summed E-state index contributed by atoms with van der Waals surface area (Å²) in [4.78, 5) is 4.33. The molecule has 13 heavy (non-hydrogen) atoms. The molecular formula is C11H18N2. The molecule has 1 rings (SSSR count). The van der Waals surface area contributed by atoms with Gasteiger partial charge >= 0.3 is 0 Å². The Bertz CT molecular complexity index is 258. The van der Waals surface area contributed by atoms with E-state index in [0.29, 0.717) is 6.04 Å². The molecular weight excluding hydrogens is 160 g/mol. The molecule has 0 amide bonds. The van der Waals surface area contributed by atoms with Gasteiger partial charge in [0.1, 0.15) is 0 Å². The van der Waals surface area contributed by atoms with E-state index in [9.17, 15) is 0 Å². The minimum absolute atomic E-state index is 0.361. The first-order valence-electron chi connectivity index (χ1n) is 4.90. The van der Waals surface area contributed by atoms with Crippen LogP contribution in [0.5, 0.6) is 0 Å². The molecule has 0 saturated heterocycles. The molecule has 0 aliphatic rings. The summed E-state index contributed by atoms with van der Waals surface area (Å²) in [5.74, 6) is 0. The van der Waals surface area contributed by atoms with Gasteiger partial charge in [-0.2, -0.15) is 0 Å². The normalized spacial score (nSPS) is 12.8. The van der Waals surface area contributed by atoms with Crippen molar-refractivity contribution in [1.82, 2.24) is 10.3 Å². The third-order valence-corrected chi connectivity index (χ3v) is 2.08. The highest BCUT2D eigenvalue weighted by Gasteiger charge is 2.04. The maximum Gasteiger partial charge on any atom is 0.0572 e. The van der Waals surface area contributed by atoms with Crippen molar-refractivity contribution in [2.75, 3.05) is 6.54 Å². The van der Waals surface area contributed by atoms with Crippen LogP contribution in [0.15, 0.2) is 18.3 Å². The van der Waals surface area contributed by atoms with Gasteiger partial charge in [-0.15, -0.1) is 0 Å². The zero-order valence-electron chi connectivity index (χ0n) is 8.67. The van der Waals surface area contributed by atoms with Crippen LogP contribution in [0.2, 0.25) is 0 Å². The predicted octanol–water partition coefficient (Wildman–Crippen LogP) is 2.45. The van der Waals surface area contributed by atoms with Crippen LogP contribution in [0.25, 0.3) is 0 Å². The van der Waals surface area contributed by atoms with Crippen molar-refractivity contribution in [1.29, 1.82) is 0 Å². The molecule has 0 aromatic carbocycles. The Balaban J connectivity index is 2.60. The SMILES string of the molecule is CCCNC(C)c1cc(C)ccn1. The molecule has 2 nitrogen and oxygen atoms in total. The summed E-state index contributed by atoms with van der Waals surface area (Å²) in [7, 11) is 0. The van der Waals surface area contributed by atoms with Gasteiger partial charge in [-0.3, -0.25) is 4.98 Å². The van der Waals surface area contributed by atoms with Crippen molar-refractivity contribution in [3.63, 3.8) is 0 Å². The molecule has 0 spiro atoms. The van der Waals surface area contributed by atoms with Gasteiger partial charge in [0.15, 0.2) is 0 Å². The average molecular weight is 178 g/mol. The van der Waals surface area contributed by atoms with Gasteiger partial charge in [0, 0.05) is 12.2 Å². The Hall–Kier alpha value is -0.890. The summed E-state index contributed by atoms with van der Waals surface area (Å²) in [6.45, 7) is 7.47. The molecule has 0 aliphatic carbocycles. The lowest BCUT2D eigenvalue weighted by Gasteiger charge is -2.12. The predicted molar refractivity (Wildman–Crippen MR) is 55.7 cm³/mol. The molecule has 0 fully saturated rings. The van der Waals surface area contributed by atoms with Crippen LogP contribution in [0.3, 0.4) is 0 Å². The maximum absolute atomic E-state index is 4.33. The second-order valence-electron chi connectivity index (χ2n) is 3.43. The second-order valence-corrected chi connectivity index (χ2v) is 3.43. The molecule has 1 aromatic rings. The van der Waals surface area contributed by atoms with Gasteiger partial charge in [0.25, 0.3) is 0 Å². The summed E-state index contributed by atoms with van der Waals surface area (Å²) >= 11 is 0. The molecule has 1 N–H and O–H groups in total. The van der Waals surface area contributed by atoms with E-state index in [1.54, 1.807) is 0 Å². The first-order valence-corrected chi connectivity index (χ1v) is 4.90. The van der Waals surface area contributed by atoms with Crippen molar-refractivity contribution in [3.05, 3.63) is 29.6 Å². The molecule has 1 aromatic heterocycles. The van der Waals surface area contributed by atoms with Crippen molar-refractivity contribution >= 4 is 0 Å². The van der Waals surface area contributed by atoms with Crippen molar-refractivity contribution in [3.8, 4) is 0 Å². The Kier molecular flexibility index (Phi) is 3.90. The largest absolute Gasteiger partial charge is 0.309 e. The van der Waals surface area contributed by atoms with Crippen LogP contribution < -0.4 is 5.32 Å². The molecule has 2 heteroatoms. The minimum atomic E-state index is 0.361. The number of nitrogens with one attached hydrogen (secondary N) is 1. The third-order valence-electron chi connectivity index (χ3n) is 2.08. The molecule has 1 heterocycles. The molecule has 0 bridgehead atoms. The Morgan fingerprint density at radius 3 is 2.92 bits per heavy atom. The van der Waals surface area contributed by atoms with Crippen LogP contribution in [0.1, 0.15) is 37.6 Å². The van der Waals surface area contributed by atoms with Crippen LogP contribution >= 0.6 is 0 Å². The fourth-order valence-electron chi connectivity index (χ4n) is 1.26. The number of aromatic nitrogens is 1. The van der Waals surface area contributed by atoms with Crippen molar-refractivity contribution in [2.24, 2.45) is 0 Å². The number of pyridine rings is 1. The number of nitrogens with zero attached hydrogens (tertiary/aromatic N) is 1. The molecule has 72 valence electrons. The smallest absolute Gasteiger partial charge is 0.0572 e. The highest BCUT2D eigenvalue weighted by molar-refractivity contribution is 5.16. The van der Waals surface area contributed by atoms with E-state index < -0.39 is 0 Å². The Morgan fingerprint density at radius 1 is 1.54 bits per heavy atom. The number of rotatable bonds is 4. The lowest BCUT2D eigenvalue weighted by molar-refractivity contribution is 0.558. The van der Waals surface area contributed by atoms with Gasteiger partial charge in [-0.05, 0) is 44.5 Å². The summed E-state index contributed by atoms with van der Waals surface area (Å²) in [5.41, 5.74) is 2.41. The lowest BCUT2D eigenvalue weighted by Crippen LogP contribution is -2.20. The first kappa shape index (κ1) is 10.2. The van der Waals surface area contributed by atoms with Crippen molar-refractivity contribution in [2.45, 2.75) is 33.2 Å². The number of aryl methyl sites for hydroxylation is 1. The summed E-state index contributed by atoms with van der Waals surface area (Å²) in [6, 6.07) is 4.52. The Labute approximate surface area is 80.4 Å². The Morgan fingerprint density at radius 2 is 2.31 bits per heavy atom. The monoisotopic (exact) mass is 178 g/mol. The van der Waals surface area contributed by atoms with Gasteiger partial charge < -0.3 is 5.32 Å². The van der Waals surface area contributed by atoms with Gasteiger partial charge in [0.2, 0.25) is 0 Å². The maximum atomic E-state index is 4.33. The number of hydrogen-bond acceptors (Lipinski definition) is 2. The highest BCUT2D eigenvalue weighted by atomic mass is 14.9. The quantitative estimate of drug-likeness (QED) is 0.766. The average Bonchev–Trinajstić information content (AvgIpc) is 2.14. The fraction of sp³-hybridized carbons (Fsp3) is 0.545. The van der Waals surface area contributed by atoms with Gasteiger partial charge in [-0.1, -0.05) is 6.92 Å². The van der Waals surface area contributed by atoms with Crippen molar-refractivity contribution < 1.29 is 0 Å². The highest BCUT2D eigenvalue weighted by Crippen LogP contribution is 2.09. The summed E-state index contributed by atoms with van der Waals surface area (Å²) < 4.78 is 0. The van der Waals surface area contributed by atoms with Gasteiger partial charge in [-0.25, -0.2) is 0 Å². The summed E-state index contributed by atoms with van der Waals surface area (Å²) in [5, 5.41) is 3.41. The first-order chi connectivity index (χ1) is 6.24. The second kappa shape index (κ2) is 4.97. The lowest BCUT2D eigenvalue weighted by atomic mass is 10.1. The molecule has 1 unspecified atom stereocenters. The molecule has 0 aliphatic heterocycles. The van der Waals surface area contributed by atoms with E-state index in [1.807, 2.05) is 12.3 Å². The molecule has 0 saturated carbocycles. The molecule has 0 radical (unpaired) electrons. The van der Waals surface area contributed by atoms with E-state index in [-0.39, 0.29) is 0 Å². The van der Waals surface area contributed by atoms with E-state index in [4.69, 9.17) is 0 Å². The summed E-state index contributed by atoms with van der Waals surface area (Å²) in [6.07, 6.45) is 3.03. The number of hydrogen-bond donors (Lipinski definition) is 1. The van der Waals surface area contributed by atoms with E-state index in [1.165, 1.54) is 5.56 Å². The van der Waals surface area contributed by atoms with Crippen LogP contribution in [-0.2, 0) is 0 Å². The third kappa shape index (κ3) is 3.15. The zero-order chi connectivity index (χ0) is 9.68. The topological polar surface area (TPSA) is 24.9 Å². The minimum Gasteiger partial charge on any atom is -0.309 e. The molecule has 1 atom stereocenters.